The zero-order valence-corrected chi connectivity index (χ0v) is 15.4. The summed E-state index contributed by atoms with van der Waals surface area (Å²) >= 11 is 0. The molecule has 0 saturated heterocycles. The Morgan fingerprint density at radius 3 is 1.52 bits per heavy atom. The van der Waals surface area contributed by atoms with Crippen molar-refractivity contribution < 1.29 is 5.11 Å². The maximum atomic E-state index is 9.43. The van der Waals surface area contributed by atoms with Crippen molar-refractivity contribution in [3.63, 3.8) is 0 Å². The Morgan fingerprint density at radius 1 is 0.609 bits per heavy atom. The van der Waals surface area contributed by atoms with Gasteiger partial charge in [0.25, 0.3) is 0 Å². The summed E-state index contributed by atoms with van der Waals surface area (Å²) in [5.74, 6) is 0. The van der Waals surface area contributed by atoms with Crippen molar-refractivity contribution in [2.24, 2.45) is 0 Å². The van der Waals surface area contributed by atoms with Crippen molar-refractivity contribution >= 4 is 0 Å². The molecule has 0 unspecified atom stereocenters. The molecule has 0 radical (unpaired) electrons. The van der Waals surface area contributed by atoms with Gasteiger partial charge in [-0.3, -0.25) is 0 Å². The lowest BCUT2D eigenvalue weighted by Crippen LogP contribution is -1.92. The van der Waals surface area contributed by atoms with E-state index in [0.29, 0.717) is 0 Å². The second-order valence-electron chi connectivity index (χ2n) is 6.60. The van der Waals surface area contributed by atoms with Crippen LogP contribution in [0.4, 0.5) is 0 Å². The van der Waals surface area contributed by atoms with Crippen molar-refractivity contribution in [1.82, 2.24) is 0 Å². The molecule has 23 heavy (non-hydrogen) atoms. The first kappa shape index (κ1) is 22.2. The van der Waals surface area contributed by atoms with Gasteiger partial charge in [-0.15, -0.1) is 13.2 Å². The fourth-order valence-corrected chi connectivity index (χ4v) is 2.86. The second-order valence-corrected chi connectivity index (χ2v) is 6.60. The molecule has 0 spiro atoms. The number of aliphatic hydroxyl groups excluding tert-OH is 1. The van der Waals surface area contributed by atoms with E-state index >= 15 is 0 Å². The van der Waals surface area contributed by atoms with Crippen molar-refractivity contribution in [3.05, 3.63) is 37.0 Å². The fraction of sp³-hybridized carbons (Fsp3) is 0.727. The van der Waals surface area contributed by atoms with Gasteiger partial charge in [-0.05, 0) is 56.9 Å². The molecular weight excluding hydrogens is 280 g/mol. The summed E-state index contributed by atoms with van der Waals surface area (Å²) in [4.78, 5) is 0. The third-order valence-corrected chi connectivity index (χ3v) is 4.40. The number of allylic oxidation sites excluding steroid dienone is 3. The Balaban J connectivity index is 3.45. The fourth-order valence-electron chi connectivity index (χ4n) is 2.86. The molecule has 0 aliphatic heterocycles. The van der Waals surface area contributed by atoms with Gasteiger partial charge in [0.1, 0.15) is 0 Å². The Morgan fingerprint density at radius 2 is 1.04 bits per heavy atom. The van der Waals surface area contributed by atoms with Crippen molar-refractivity contribution in [2.75, 3.05) is 6.61 Å². The second kappa shape index (κ2) is 19.2. The highest BCUT2D eigenvalue weighted by Gasteiger charge is 1.97. The quantitative estimate of drug-likeness (QED) is 0.210. The molecule has 0 rings (SSSR count). The highest BCUT2D eigenvalue weighted by atomic mass is 16.3. The predicted molar refractivity (Wildman–Crippen MR) is 105 cm³/mol. The summed E-state index contributed by atoms with van der Waals surface area (Å²) in [5, 5.41) is 9.43. The average Bonchev–Trinajstić information content (AvgIpc) is 2.57. The molecule has 134 valence electrons. The van der Waals surface area contributed by atoms with Crippen LogP contribution in [0.25, 0.3) is 0 Å². The largest absolute Gasteiger partial charge is 0.392 e. The third-order valence-electron chi connectivity index (χ3n) is 4.40. The number of aliphatic hydroxyl groups is 1. The monoisotopic (exact) mass is 320 g/mol. The normalized spacial score (nSPS) is 11.6. The van der Waals surface area contributed by atoms with Crippen LogP contribution in [-0.4, -0.2) is 11.7 Å². The van der Waals surface area contributed by atoms with Gasteiger partial charge in [-0.1, -0.05) is 63.2 Å². The first-order valence-corrected chi connectivity index (χ1v) is 9.85. The highest BCUT2D eigenvalue weighted by molar-refractivity contribution is 5.01. The summed E-state index contributed by atoms with van der Waals surface area (Å²) in [7, 11) is 0. The van der Waals surface area contributed by atoms with Gasteiger partial charge >= 0.3 is 0 Å². The van der Waals surface area contributed by atoms with E-state index in [1.165, 1.54) is 76.2 Å². The van der Waals surface area contributed by atoms with Gasteiger partial charge < -0.3 is 5.11 Å². The summed E-state index contributed by atoms with van der Waals surface area (Å²) in [6, 6.07) is 0. The first-order valence-electron chi connectivity index (χ1n) is 9.85. The van der Waals surface area contributed by atoms with Crippen LogP contribution in [0.3, 0.4) is 0 Å². The van der Waals surface area contributed by atoms with Crippen molar-refractivity contribution in [2.45, 2.75) is 96.3 Å². The van der Waals surface area contributed by atoms with E-state index in [0.717, 1.165) is 25.7 Å². The summed E-state index contributed by atoms with van der Waals surface area (Å²) < 4.78 is 0. The van der Waals surface area contributed by atoms with Crippen LogP contribution in [0.1, 0.15) is 96.3 Å². The molecule has 0 aliphatic carbocycles. The summed E-state index contributed by atoms with van der Waals surface area (Å²) in [6.45, 7) is 7.76. The van der Waals surface area contributed by atoms with Crippen LogP contribution in [-0.2, 0) is 0 Å². The Bertz CT molecular complexity index is 290. The average molecular weight is 321 g/mol. The zero-order valence-electron chi connectivity index (χ0n) is 15.4. The van der Waals surface area contributed by atoms with Gasteiger partial charge in [0.05, 0.1) is 6.61 Å². The predicted octanol–water partition coefficient (Wildman–Crippen LogP) is 7.13. The molecule has 1 N–H and O–H groups in total. The molecule has 0 heterocycles. The number of hydrogen-bond acceptors (Lipinski definition) is 1. The summed E-state index contributed by atoms with van der Waals surface area (Å²) in [5.41, 5.74) is 1.25. The molecule has 0 atom stereocenters. The van der Waals surface area contributed by atoms with Crippen LogP contribution < -0.4 is 0 Å². The van der Waals surface area contributed by atoms with Crippen molar-refractivity contribution in [1.29, 1.82) is 0 Å². The van der Waals surface area contributed by atoms with Crippen LogP contribution in [0.5, 0.6) is 0 Å². The number of rotatable bonds is 18. The maximum absolute atomic E-state index is 9.43. The highest BCUT2D eigenvalue weighted by Crippen LogP contribution is 2.14. The minimum absolute atomic E-state index is 0.248. The van der Waals surface area contributed by atoms with E-state index in [9.17, 15) is 5.11 Å². The van der Waals surface area contributed by atoms with Crippen molar-refractivity contribution in [3.8, 4) is 0 Å². The molecule has 0 aromatic carbocycles. The molecule has 0 aromatic rings. The minimum atomic E-state index is 0.248. The molecule has 0 bridgehead atoms. The van der Waals surface area contributed by atoms with E-state index < -0.39 is 0 Å². The number of hydrogen-bond donors (Lipinski definition) is 1. The zero-order chi connectivity index (χ0) is 17.0. The Labute approximate surface area is 145 Å². The van der Waals surface area contributed by atoms with Crippen LogP contribution in [0.15, 0.2) is 37.0 Å². The van der Waals surface area contributed by atoms with Gasteiger partial charge in [0.2, 0.25) is 0 Å². The van der Waals surface area contributed by atoms with Crippen LogP contribution in [0, 0.1) is 0 Å². The first-order chi connectivity index (χ1) is 11.3. The maximum Gasteiger partial charge on any atom is 0.0641 e. The molecule has 0 saturated carbocycles. The lowest BCUT2D eigenvalue weighted by molar-refractivity contribution is 0.324. The molecule has 0 aromatic heterocycles. The number of unbranched alkanes of at least 4 members (excludes halogenated alkanes) is 12. The van der Waals surface area contributed by atoms with E-state index in [1.54, 1.807) is 0 Å². The Kier molecular flexibility index (Phi) is 18.5. The van der Waals surface area contributed by atoms with E-state index in [-0.39, 0.29) is 6.61 Å². The summed E-state index contributed by atoms with van der Waals surface area (Å²) in [6.07, 6.45) is 25.2. The van der Waals surface area contributed by atoms with Gasteiger partial charge in [0, 0.05) is 0 Å². The molecular formula is C22H40O. The lowest BCUT2D eigenvalue weighted by Gasteiger charge is -2.05. The topological polar surface area (TPSA) is 20.2 Å². The Hall–Kier alpha value is -0.820. The molecule has 0 aliphatic rings. The molecule has 1 heteroatoms. The van der Waals surface area contributed by atoms with Crippen LogP contribution >= 0.6 is 0 Å². The van der Waals surface area contributed by atoms with E-state index in [4.69, 9.17) is 0 Å². The third kappa shape index (κ3) is 17.4. The molecule has 1 nitrogen and oxygen atoms in total. The van der Waals surface area contributed by atoms with Gasteiger partial charge in [0.15, 0.2) is 0 Å². The molecule has 0 amide bonds. The van der Waals surface area contributed by atoms with Crippen LogP contribution in [0.2, 0.25) is 0 Å². The smallest absolute Gasteiger partial charge is 0.0641 e. The van der Waals surface area contributed by atoms with E-state index in [2.05, 4.69) is 19.2 Å². The van der Waals surface area contributed by atoms with Gasteiger partial charge in [-0.2, -0.15) is 0 Å². The minimum Gasteiger partial charge on any atom is -0.392 e. The SMILES string of the molecule is C=CCCCCCCCC/C=C(\CO)CCCCCCCC=C. The lowest BCUT2D eigenvalue weighted by atomic mass is 10.0. The standard InChI is InChI=1S/C22H40O/c1-3-5-7-9-11-12-14-16-18-20-22(21-23)19-17-15-13-10-8-6-4-2/h3-4,20,23H,1-2,5-19,21H2/b22-20-. The van der Waals surface area contributed by atoms with Gasteiger partial charge in [-0.25, -0.2) is 0 Å². The molecule has 0 fully saturated rings. The van der Waals surface area contributed by atoms with E-state index in [1.807, 2.05) is 12.2 Å².